The van der Waals surface area contributed by atoms with Crippen LogP contribution in [0.3, 0.4) is 0 Å². The number of nitriles is 1. The molecule has 0 aliphatic heterocycles. The molecule has 2 rings (SSSR count). The number of rotatable bonds is 9. The quantitative estimate of drug-likeness (QED) is 0.644. The van der Waals surface area contributed by atoms with E-state index in [0.29, 0.717) is 12.1 Å². The Labute approximate surface area is 130 Å². The van der Waals surface area contributed by atoms with Gasteiger partial charge in [0.25, 0.3) is 0 Å². The third kappa shape index (κ3) is 5.60. The van der Waals surface area contributed by atoms with E-state index in [-0.39, 0.29) is 11.6 Å². The summed E-state index contributed by atoms with van der Waals surface area (Å²) in [6.45, 7) is 4.44. The Balaban J connectivity index is 1.73. The maximum Gasteiger partial charge on any atom is 0.109 e. The van der Waals surface area contributed by atoms with Gasteiger partial charge in [0.1, 0.15) is 5.54 Å². The molecule has 3 heteroatoms. The molecular weight excluding hydrogens is 260 g/mol. The van der Waals surface area contributed by atoms with Crippen LogP contribution in [0.15, 0.2) is 0 Å². The third-order valence-corrected chi connectivity index (χ3v) is 4.87. The van der Waals surface area contributed by atoms with Crippen LogP contribution in [0.1, 0.15) is 84.5 Å². The van der Waals surface area contributed by atoms with Crippen molar-refractivity contribution in [3.05, 3.63) is 0 Å². The van der Waals surface area contributed by atoms with Crippen molar-refractivity contribution in [1.29, 1.82) is 5.26 Å². The fraction of sp³-hybridized carbons (Fsp3) is 0.944. The van der Waals surface area contributed by atoms with Gasteiger partial charge in [-0.2, -0.15) is 5.26 Å². The van der Waals surface area contributed by atoms with E-state index in [4.69, 9.17) is 4.74 Å². The molecule has 0 aromatic rings. The van der Waals surface area contributed by atoms with Gasteiger partial charge in [-0.25, -0.2) is 0 Å². The van der Waals surface area contributed by atoms with Crippen LogP contribution in [0.4, 0.5) is 0 Å². The van der Waals surface area contributed by atoms with Crippen molar-refractivity contribution in [3.63, 3.8) is 0 Å². The second kappa shape index (κ2) is 8.15. The molecule has 3 atom stereocenters. The topological polar surface area (TPSA) is 45.0 Å². The highest BCUT2D eigenvalue weighted by Gasteiger charge is 2.41. The summed E-state index contributed by atoms with van der Waals surface area (Å²) in [6, 6.07) is 3.15. The van der Waals surface area contributed by atoms with Crippen LogP contribution in [0, 0.1) is 11.3 Å². The molecule has 0 spiro atoms. The highest BCUT2D eigenvalue weighted by molar-refractivity contribution is 5.12. The Morgan fingerprint density at radius 3 is 2.76 bits per heavy atom. The Hall–Kier alpha value is -0.590. The summed E-state index contributed by atoms with van der Waals surface area (Å²) in [4.78, 5) is 0. The molecule has 3 nitrogen and oxygen atoms in total. The zero-order chi connectivity index (χ0) is 15.1. The van der Waals surface area contributed by atoms with Crippen molar-refractivity contribution in [2.75, 3.05) is 0 Å². The van der Waals surface area contributed by atoms with Gasteiger partial charge in [0.2, 0.25) is 0 Å². The maximum atomic E-state index is 9.60. The van der Waals surface area contributed by atoms with E-state index in [0.717, 1.165) is 32.1 Å². The number of nitrogens with one attached hydrogen (secondary N) is 1. The average molecular weight is 292 g/mol. The molecule has 120 valence electrons. The fourth-order valence-corrected chi connectivity index (χ4v) is 3.48. The average Bonchev–Trinajstić information content (AvgIpc) is 3.28. The molecule has 0 bridgehead atoms. The van der Waals surface area contributed by atoms with Crippen molar-refractivity contribution in [3.8, 4) is 6.07 Å². The lowest BCUT2D eigenvalue weighted by atomic mass is 9.81. The van der Waals surface area contributed by atoms with Crippen molar-refractivity contribution in [2.24, 2.45) is 0 Å². The van der Waals surface area contributed by atoms with Crippen LogP contribution in [0.2, 0.25) is 0 Å². The molecule has 2 fully saturated rings. The largest absolute Gasteiger partial charge is 0.375 e. The highest BCUT2D eigenvalue weighted by Crippen LogP contribution is 2.34. The van der Waals surface area contributed by atoms with Crippen molar-refractivity contribution < 1.29 is 4.74 Å². The molecule has 2 aliphatic carbocycles. The predicted octanol–water partition coefficient (Wildman–Crippen LogP) is 4.32. The van der Waals surface area contributed by atoms with Gasteiger partial charge in [-0.1, -0.05) is 32.6 Å². The van der Waals surface area contributed by atoms with Gasteiger partial charge in [0, 0.05) is 12.5 Å². The summed E-state index contributed by atoms with van der Waals surface area (Å²) in [5.41, 5.74) is -0.313. The summed E-state index contributed by atoms with van der Waals surface area (Å²) in [7, 11) is 0. The number of unbranched alkanes of at least 4 members (excludes halogenated alkanes) is 3. The molecule has 0 aromatic carbocycles. The van der Waals surface area contributed by atoms with Crippen molar-refractivity contribution in [1.82, 2.24) is 5.32 Å². The molecule has 1 N–H and O–H groups in total. The van der Waals surface area contributed by atoms with E-state index in [9.17, 15) is 5.26 Å². The maximum absolute atomic E-state index is 9.60. The number of hydrogen-bond acceptors (Lipinski definition) is 3. The number of ether oxygens (including phenoxy) is 1. The first-order valence-corrected chi connectivity index (χ1v) is 9.02. The van der Waals surface area contributed by atoms with Crippen LogP contribution in [0.5, 0.6) is 0 Å². The van der Waals surface area contributed by atoms with Gasteiger partial charge >= 0.3 is 0 Å². The fourth-order valence-electron chi connectivity index (χ4n) is 3.48. The van der Waals surface area contributed by atoms with Crippen LogP contribution < -0.4 is 5.32 Å². The molecule has 2 aliphatic rings. The lowest BCUT2D eigenvalue weighted by molar-refractivity contribution is -0.0385. The first-order chi connectivity index (χ1) is 10.2. The SMILES string of the molecule is CCCCCCC(C)OC1CCCC(C#N)(NC2CC2)C1. The standard InChI is InChI=1S/C18H32N2O/c1-3-4-5-6-8-15(2)21-17-9-7-12-18(13-17,14-19)20-16-10-11-16/h15-17,20H,3-13H2,1-2H3. The monoisotopic (exact) mass is 292 g/mol. The van der Waals surface area contributed by atoms with Gasteiger partial charge in [0.15, 0.2) is 0 Å². The molecule has 0 radical (unpaired) electrons. The van der Waals surface area contributed by atoms with Crippen LogP contribution >= 0.6 is 0 Å². The minimum absolute atomic E-state index is 0.269. The second-order valence-corrected chi connectivity index (χ2v) is 7.13. The Kier molecular flexibility index (Phi) is 6.51. The molecule has 0 amide bonds. The normalized spacial score (nSPS) is 30.8. The highest BCUT2D eigenvalue weighted by atomic mass is 16.5. The Bertz CT molecular complexity index is 348. The third-order valence-electron chi connectivity index (χ3n) is 4.87. The van der Waals surface area contributed by atoms with Crippen LogP contribution in [-0.4, -0.2) is 23.8 Å². The molecule has 0 saturated heterocycles. The minimum atomic E-state index is -0.313. The summed E-state index contributed by atoms with van der Waals surface area (Å²) in [5, 5.41) is 13.2. The molecule has 21 heavy (non-hydrogen) atoms. The molecule has 3 unspecified atom stereocenters. The van der Waals surface area contributed by atoms with Crippen LogP contribution in [-0.2, 0) is 4.74 Å². The van der Waals surface area contributed by atoms with Crippen molar-refractivity contribution in [2.45, 2.75) is 108 Å². The predicted molar refractivity (Wildman–Crippen MR) is 86.1 cm³/mol. The van der Waals surface area contributed by atoms with E-state index in [1.54, 1.807) is 0 Å². The Morgan fingerprint density at radius 2 is 2.10 bits per heavy atom. The first kappa shape index (κ1) is 16.8. The lowest BCUT2D eigenvalue weighted by Crippen LogP contribution is -2.50. The van der Waals surface area contributed by atoms with Gasteiger partial charge in [-0.05, 0) is 45.4 Å². The van der Waals surface area contributed by atoms with Gasteiger partial charge in [-0.3, -0.25) is 5.32 Å². The second-order valence-electron chi connectivity index (χ2n) is 7.13. The minimum Gasteiger partial charge on any atom is -0.375 e. The summed E-state index contributed by atoms with van der Waals surface area (Å²) in [6.07, 6.45) is 13.5. The lowest BCUT2D eigenvalue weighted by Gasteiger charge is -2.37. The van der Waals surface area contributed by atoms with E-state index in [2.05, 4.69) is 25.2 Å². The number of nitrogens with zero attached hydrogens (tertiary/aromatic N) is 1. The van der Waals surface area contributed by atoms with Crippen LogP contribution in [0.25, 0.3) is 0 Å². The molecule has 2 saturated carbocycles. The van der Waals surface area contributed by atoms with Crippen molar-refractivity contribution >= 4 is 0 Å². The van der Waals surface area contributed by atoms with Gasteiger partial charge in [-0.15, -0.1) is 0 Å². The van der Waals surface area contributed by atoms with E-state index in [1.807, 2.05) is 0 Å². The summed E-state index contributed by atoms with van der Waals surface area (Å²) < 4.78 is 6.24. The molecule has 0 heterocycles. The smallest absolute Gasteiger partial charge is 0.109 e. The Morgan fingerprint density at radius 1 is 1.29 bits per heavy atom. The van der Waals surface area contributed by atoms with E-state index in [1.165, 1.54) is 38.5 Å². The van der Waals surface area contributed by atoms with E-state index >= 15 is 0 Å². The zero-order valence-corrected chi connectivity index (χ0v) is 13.9. The van der Waals surface area contributed by atoms with Gasteiger partial charge in [0.05, 0.1) is 18.3 Å². The summed E-state index contributed by atoms with van der Waals surface area (Å²) >= 11 is 0. The summed E-state index contributed by atoms with van der Waals surface area (Å²) in [5.74, 6) is 0. The number of hydrogen-bond donors (Lipinski definition) is 1. The first-order valence-electron chi connectivity index (χ1n) is 9.02. The molecular formula is C18H32N2O. The van der Waals surface area contributed by atoms with E-state index < -0.39 is 0 Å². The molecule has 0 aromatic heterocycles. The van der Waals surface area contributed by atoms with Gasteiger partial charge < -0.3 is 4.74 Å². The zero-order valence-electron chi connectivity index (χ0n) is 13.9.